The summed E-state index contributed by atoms with van der Waals surface area (Å²) in [5.41, 5.74) is 2.36. The predicted octanol–water partition coefficient (Wildman–Crippen LogP) is 3.80. The Hall–Kier alpha value is -2.63. The lowest BCUT2D eigenvalue weighted by Gasteiger charge is -2.19. The highest BCUT2D eigenvalue weighted by Crippen LogP contribution is 2.24. The molecule has 1 saturated carbocycles. The molecule has 1 fully saturated rings. The van der Waals surface area contributed by atoms with Crippen LogP contribution < -0.4 is 16.0 Å². The lowest BCUT2D eigenvalue weighted by molar-refractivity contribution is 0.251. The van der Waals surface area contributed by atoms with Crippen molar-refractivity contribution in [3.05, 3.63) is 42.0 Å². The first kappa shape index (κ1) is 16.2. The largest absolute Gasteiger partial charge is 0.339 e. The molecule has 2 aromatic rings. The third-order valence-electron chi connectivity index (χ3n) is 3.84. The molecule has 1 aliphatic rings. The van der Waals surface area contributed by atoms with Crippen molar-refractivity contribution in [1.29, 1.82) is 0 Å². The maximum absolute atomic E-state index is 11.6. The van der Waals surface area contributed by atoms with Crippen LogP contribution in [0.4, 0.5) is 22.1 Å². The van der Waals surface area contributed by atoms with Gasteiger partial charge >= 0.3 is 6.03 Å². The first-order valence-electron chi connectivity index (χ1n) is 8.19. The number of aromatic nitrogens is 2. The van der Waals surface area contributed by atoms with Gasteiger partial charge in [-0.3, -0.25) is 5.32 Å². The van der Waals surface area contributed by atoms with E-state index in [9.17, 15) is 4.79 Å². The summed E-state index contributed by atoms with van der Waals surface area (Å²) in [7, 11) is 0. The zero-order valence-electron chi connectivity index (χ0n) is 14.3. The van der Waals surface area contributed by atoms with Gasteiger partial charge in [-0.2, -0.15) is 0 Å². The highest BCUT2D eigenvalue weighted by molar-refractivity contribution is 5.88. The van der Waals surface area contributed by atoms with Gasteiger partial charge in [0, 0.05) is 11.7 Å². The number of carbonyl (C=O) groups is 1. The predicted molar refractivity (Wildman–Crippen MR) is 95.6 cm³/mol. The highest BCUT2D eigenvalue weighted by Gasteiger charge is 2.23. The van der Waals surface area contributed by atoms with Gasteiger partial charge in [0.1, 0.15) is 0 Å². The molecule has 1 heterocycles. The molecule has 1 aliphatic carbocycles. The second-order valence-electron chi connectivity index (χ2n) is 7.13. The normalized spacial score (nSPS) is 14.1. The molecule has 3 N–H and O–H groups in total. The molecule has 6 nitrogen and oxygen atoms in total. The summed E-state index contributed by atoms with van der Waals surface area (Å²) in [6, 6.07) is 11.9. The van der Waals surface area contributed by atoms with Gasteiger partial charge in [0.15, 0.2) is 11.6 Å². The molecular weight excluding hydrogens is 302 g/mol. The van der Waals surface area contributed by atoms with Gasteiger partial charge < -0.3 is 10.6 Å². The second kappa shape index (κ2) is 6.47. The SMILES string of the molecule is CC(C)(C)c1ccc(Nc2ccc(NC(=O)NC3CC3)nn2)cc1. The lowest BCUT2D eigenvalue weighted by atomic mass is 9.87. The van der Waals surface area contributed by atoms with Crippen LogP contribution >= 0.6 is 0 Å². The van der Waals surface area contributed by atoms with Crippen molar-refractivity contribution < 1.29 is 4.79 Å². The average molecular weight is 325 g/mol. The Morgan fingerprint density at radius 3 is 2.17 bits per heavy atom. The Morgan fingerprint density at radius 2 is 1.62 bits per heavy atom. The minimum absolute atomic E-state index is 0.132. The minimum Gasteiger partial charge on any atom is -0.339 e. The summed E-state index contributed by atoms with van der Waals surface area (Å²) in [5, 5.41) is 16.8. The number of rotatable bonds is 4. The molecule has 0 radical (unpaired) electrons. The summed E-state index contributed by atoms with van der Waals surface area (Å²) >= 11 is 0. The summed E-state index contributed by atoms with van der Waals surface area (Å²) in [4.78, 5) is 11.6. The van der Waals surface area contributed by atoms with Crippen molar-refractivity contribution in [2.24, 2.45) is 0 Å². The van der Waals surface area contributed by atoms with E-state index >= 15 is 0 Å². The lowest BCUT2D eigenvalue weighted by Crippen LogP contribution is -2.30. The molecule has 6 heteroatoms. The van der Waals surface area contributed by atoms with Crippen LogP contribution in [0.2, 0.25) is 0 Å². The zero-order chi connectivity index (χ0) is 17.2. The fraction of sp³-hybridized carbons (Fsp3) is 0.389. The van der Waals surface area contributed by atoms with Crippen molar-refractivity contribution in [1.82, 2.24) is 15.5 Å². The first-order valence-corrected chi connectivity index (χ1v) is 8.19. The molecule has 0 aliphatic heterocycles. The number of urea groups is 1. The summed E-state index contributed by atoms with van der Waals surface area (Å²) in [6.07, 6.45) is 2.10. The third-order valence-corrected chi connectivity index (χ3v) is 3.84. The van der Waals surface area contributed by atoms with E-state index in [0.717, 1.165) is 18.5 Å². The van der Waals surface area contributed by atoms with Crippen LogP contribution in [0.5, 0.6) is 0 Å². The number of hydrogen-bond donors (Lipinski definition) is 3. The van der Waals surface area contributed by atoms with Crippen LogP contribution in [0.25, 0.3) is 0 Å². The summed E-state index contributed by atoms with van der Waals surface area (Å²) in [5.74, 6) is 1.06. The zero-order valence-corrected chi connectivity index (χ0v) is 14.3. The van der Waals surface area contributed by atoms with E-state index < -0.39 is 0 Å². The van der Waals surface area contributed by atoms with Gasteiger partial charge in [-0.1, -0.05) is 32.9 Å². The van der Waals surface area contributed by atoms with Crippen LogP contribution in [-0.4, -0.2) is 22.3 Å². The number of anilines is 3. The van der Waals surface area contributed by atoms with E-state index in [1.54, 1.807) is 12.1 Å². The molecule has 126 valence electrons. The summed E-state index contributed by atoms with van der Waals surface area (Å²) in [6.45, 7) is 6.56. The average Bonchev–Trinajstić information content (AvgIpc) is 3.33. The van der Waals surface area contributed by atoms with E-state index in [2.05, 4.69) is 59.1 Å². The van der Waals surface area contributed by atoms with E-state index in [0.29, 0.717) is 17.7 Å². The van der Waals surface area contributed by atoms with Crippen LogP contribution in [-0.2, 0) is 5.41 Å². The van der Waals surface area contributed by atoms with Gasteiger partial charge in [-0.15, -0.1) is 10.2 Å². The molecule has 1 aromatic heterocycles. The van der Waals surface area contributed by atoms with Crippen molar-refractivity contribution in [2.75, 3.05) is 10.6 Å². The summed E-state index contributed by atoms with van der Waals surface area (Å²) < 4.78 is 0. The Balaban J connectivity index is 1.58. The molecule has 0 saturated heterocycles. The molecule has 2 amide bonds. The second-order valence-corrected chi connectivity index (χ2v) is 7.13. The van der Waals surface area contributed by atoms with Crippen molar-refractivity contribution in [3.8, 4) is 0 Å². The first-order chi connectivity index (χ1) is 11.4. The number of nitrogens with one attached hydrogen (secondary N) is 3. The Kier molecular flexibility index (Phi) is 4.38. The number of amides is 2. The van der Waals surface area contributed by atoms with Gasteiger partial charge in [-0.25, -0.2) is 4.79 Å². The van der Waals surface area contributed by atoms with Gasteiger partial charge in [0.25, 0.3) is 0 Å². The third kappa shape index (κ3) is 4.44. The molecular formula is C18H23N5O. The van der Waals surface area contributed by atoms with Crippen LogP contribution in [0.3, 0.4) is 0 Å². The fourth-order valence-electron chi connectivity index (χ4n) is 2.23. The Morgan fingerprint density at radius 1 is 1.00 bits per heavy atom. The quantitative estimate of drug-likeness (QED) is 0.799. The highest BCUT2D eigenvalue weighted by atomic mass is 16.2. The molecule has 0 unspecified atom stereocenters. The maximum Gasteiger partial charge on any atom is 0.320 e. The van der Waals surface area contributed by atoms with Crippen molar-refractivity contribution in [3.63, 3.8) is 0 Å². The standard InChI is InChI=1S/C18H23N5O/c1-18(2,3)12-4-6-13(7-5-12)19-15-10-11-16(23-22-15)21-17(24)20-14-8-9-14/h4-7,10-11,14H,8-9H2,1-3H3,(H,19,22)(H2,20,21,23,24). The smallest absolute Gasteiger partial charge is 0.320 e. The molecule has 1 aromatic carbocycles. The Bertz CT molecular complexity index is 700. The number of nitrogens with zero attached hydrogens (tertiary/aromatic N) is 2. The number of hydrogen-bond acceptors (Lipinski definition) is 4. The fourth-order valence-corrected chi connectivity index (χ4v) is 2.23. The minimum atomic E-state index is -0.231. The van der Waals surface area contributed by atoms with E-state index in [4.69, 9.17) is 0 Å². The number of carbonyl (C=O) groups excluding carboxylic acids is 1. The molecule has 0 atom stereocenters. The topological polar surface area (TPSA) is 78.9 Å². The van der Waals surface area contributed by atoms with Crippen molar-refractivity contribution >= 4 is 23.4 Å². The van der Waals surface area contributed by atoms with E-state index in [1.165, 1.54) is 5.56 Å². The van der Waals surface area contributed by atoms with E-state index in [-0.39, 0.29) is 11.4 Å². The monoisotopic (exact) mass is 325 g/mol. The molecule has 0 bridgehead atoms. The van der Waals surface area contributed by atoms with Crippen LogP contribution in [0, 0.1) is 0 Å². The van der Waals surface area contributed by atoms with Crippen LogP contribution in [0.15, 0.2) is 36.4 Å². The maximum atomic E-state index is 11.6. The van der Waals surface area contributed by atoms with Gasteiger partial charge in [0.05, 0.1) is 0 Å². The van der Waals surface area contributed by atoms with Crippen LogP contribution in [0.1, 0.15) is 39.2 Å². The van der Waals surface area contributed by atoms with Crippen molar-refractivity contribution in [2.45, 2.75) is 45.1 Å². The molecule has 0 spiro atoms. The Labute approximate surface area is 142 Å². The molecule has 3 rings (SSSR count). The van der Waals surface area contributed by atoms with Gasteiger partial charge in [-0.05, 0) is 48.1 Å². The van der Waals surface area contributed by atoms with E-state index in [1.807, 2.05) is 12.1 Å². The number of benzene rings is 1. The van der Waals surface area contributed by atoms with Gasteiger partial charge in [0.2, 0.25) is 0 Å². The molecule has 24 heavy (non-hydrogen) atoms.